The molecule has 1 aliphatic heterocycles. The zero-order valence-electron chi connectivity index (χ0n) is 20.3. The molecular formula is C29H37NO. The van der Waals surface area contributed by atoms with Gasteiger partial charge in [-0.3, -0.25) is 0 Å². The third-order valence-corrected chi connectivity index (χ3v) is 5.82. The predicted molar refractivity (Wildman–Crippen MR) is 134 cm³/mol. The van der Waals surface area contributed by atoms with Gasteiger partial charge in [0.05, 0.1) is 11.2 Å². The normalized spacial score (nSPS) is 17.8. The van der Waals surface area contributed by atoms with E-state index in [1.54, 1.807) is 0 Å². The van der Waals surface area contributed by atoms with Crippen LogP contribution in [0.2, 0.25) is 0 Å². The Morgan fingerprint density at radius 1 is 1.06 bits per heavy atom. The first-order chi connectivity index (χ1) is 14.5. The van der Waals surface area contributed by atoms with Crippen LogP contribution in [0.3, 0.4) is 0 Å². The fourth-order valence-electron chi connectivity index (χ4n) is 4.49. The van der Waals surface area contributed by atoms with Gasteiger partial charge in [0.2, 0.25) is 0 Å². The van der Waals surface area contributed by atoms with Crippen molar-refractivity contribution in [2.24, 2.45) is 0 Å². The van der Waals surface area contributed by atoms with Crippen molar-refractivity contribution in [2.75, 3.05) is 4.90 Å². The zero-order chi connectivity index (χ0) is 22.8. The molecule has 164 valence electrons. The van der Waals surface area contributed by atoms with Crippen molar-refractivity contribution >= 4 is 11.4 Å². The lowest BCUT2D eigenvalue weighted by molar-refractivity contribution is -0.105. The minimum absolute atomic E-state index is 0.191. The molecule has 1 heterocycles. The minimum Gasteiger partial charge on any atom is -0.365 e. The number of rotatable bonds is 6. The molecular weight excluding hydrogens is 378 g/mol. The van der Waals surface area contributed by atoms with E-state index < -0.39 is 0 Å². The Bertz CT molecular complexity index is 1010. The third-order valence-electron chi connectivity index (χ3n) is 5.82. The molecule has 31 heavy (non-hydrogen) atoms. The summed E-state index contributed by atoms with van der Waals surface area (Å²) in [5, 5.41) is 0. The highest BCUT2D eigenvalue weighted by molar-refractivity contribution is 5.81. The smallest absolute Gasteiger partial charge is 0.0819 e. The first kappa shape index (κ1) is 23.1. The van der Waals surface area contributed by atoms with Gasteiger partial charge in [0, 0.05) is 29.6 Å². The molecule has 2 heteroatoms. The summed E-state index contributed by atoms with van der Waals surface area (Å²) < 4.78 is 6.26. The molecule has 0 saturated heterocycles. The van der Waals surface area contributed by atoms with E-state index in [-0.39, 0.29) is 11.2 Å². The number of hydrogen-bond acceptors (Lipinski definition) is 2. The van der Waals surface area contributed by atoms with Crippen molar-refractivity contribution < 1.29 is 4.74 Å². The van der Waals surface area contributed by atoms with Crippen molar-refractivity contribution in [3.05, 3.63) is 95.2 Å². The molecule has 0 amide bonds. The quantitative estimate of drug-likeness (QED) is 0.476. The van der Waals surface area contributed by atoms with Gasteiger partial charge >= 0.3 is 0 Å². The Morgan fingerprint density at radius 3 is 2.32 bits per heavy atom. The summed E-state index contributed by atoms with van der Waals surface area (Å²) in [4.78, 5) is 2.24. The number of anilines is 1. The van der Waals surface area contributed by atoms with E-state index in [2.05, 4.69) is 121 Å². The number of allylic oxidation sites excluding steroid dienone is 1. The molecule has 1 aliphatic rings. The Morgan fingerprint density at radius 2 is 1.71 bits per heavy atom. The predicted octanol–water partition coefficient (Wildman–Crippen LogP) is 7.84. The molecule has 0 N–H and O–H groups in total. The lowest BCUT2D eigenvalue weighted by atomic mass is 9.86. The Labute approximate surface area is 188 Å². The van der Waals surface area contributed by atoms with Gasteiger partial charge in [-0.05, 0) is 82.9 Å². The van der Waals surface area contributed by atoms with E-state index in [1.807, 2.05) is 0 Å². The van der Waals surface area contributed by atoms with Gasteiger partial charge in [-0.25, -0.2) is 0 Å². The van der Waals surface area contributed by atoms with Crippen LogP contribution in [-0.4, -0.2) is 11.2 Å². The third kappa shape index (κ3) is 5.57. The molecule has 0 saturated carbocycles. The fourth-order valence-corrected chi connectivity index (χ4v) is 4.49. The molecule has 0 aromatic heterocycles. The number of benzene rings is 2. The summed E-state index contributed by atoms with van der Waals surface area (Å²) in [6.07, 6.45) is 6.37. The molecule has 2 nitrogen and oxygen atoms in total. The number of aryl methyl sites for hydroxylation is 2. The Kier molecular flexibility index (Phi) is 6.62. The van der Waals surface area contributed by atoms with Gasteiger partial charge in [0.25, 0.3) is 0 Å². The average molecular weight is 416 g/mol. The Hall–Kier alpha value is -2.58. The van der Waals surface area contributed by atoms with Crippen LogP contribution in [0.4, 0.5) is 5.69 Å². The average Bonchev–Trinajstić information content (AvgIpc) is 2.69. The highest BCUT2D eigenvalue weighted by Gasteiger charge is 2.34. The number of ether oxygens (including phenoxy) is 1. The molecule has 3 rings (SSSR count). The van der Waals surface area contributed by atoms with E-state index in [1.165, 1.54) is 27.8 Å². The topological polar surface area (TPSA) is 12.5 Å². The van der Waals surface area contributed by atoms with Crippen molar-refractivity contribution in [2.45, 2.75) is 72.5 Å². The lowest BCUT2D eigenvalue weighted by Crippen LogP contribution is -2.40. The van der Waals surface area contributed by atoms with Crippen molar-refractivity contribution in [1.29, 1.82) is 0 Å². The lowest BCUT2D eigenvalue weighted by Gasteiger charge is -2.40. The summed E-state index contributed by atoms with van der Waals surface area (Å²) in [7, 11) is 0. The van der Waals surface area contributed by atoms with Gasteiger partial charge in [-0.2, -0.15) is 0 Å². The highest BCUT2D eigenvalue weighted by Crippen LogP contribution is 2.37. The zero-order valence-corrected chi connectivity index (χ0v) is 20.3. The minimum atomic E-state index is -0.285. The van der Waals surface area contributed by atoms with Crippen molar-refractivity contribution in [1.82, 2.24) is 0 Å². The van der Waals surface area contributed by atoms with E-state index >= 15 is 0 Å². The van der Waals surface area contributed by atoms with E-state index in [4.69, 9.17) is 4.74 Å². The Balaban J connectivity index is 2.08. The van der Waals surface area contributed by atoms with Crippen LogP contribution >= 0.6 is 0 Å². The second-order valence-electron chi connectivity index (χ2n) is 9.79. The van der Waals surface area contributed by atoms with Crippen LogP contribution in [0.1, 0.15) is 64.7 Å². The molecule has 0 radical (unpaired) electrons. The summed E-state index contributed by atoms with van der Waals surface area (Å²) >= 11 is 0. The summed E-state index contributed by atoms with van der Waals surface area (Å²) in [5.74, 6) is 0. The maximum Gasteiger partial charge on any atom is 0.0819 e. The van der Waals surface area contributed by atoms with Gasteiger partial charge in [-0.15, -0.1) is 0 Å². The molecule has 2 aromatic rings. The van der Waals surface area contributed by atoms with E-state index in [9.17, 15) is 0 Å². The second-order valence-corrected chi connectivity index (χ2v) is 9.79. The van der Waals surface area contributed by atoms with Crippen molar-refractivity contribution in [3.63, 3.8) is 0 Å². The highest BCUT2D eigenvalue weighted by atomic mass is 16.5. The number of hydrogen-bond donors (Lipinski definition) is 0. The van der Waals surface area contributed by atoms with E-state index in [0.29, 0.717) is 0 Å². The monoisotopic (exact) mass is 415 g/mol. The van der Waals surface area contributed by atoms with Crippen LogP contribution in [0, 0.1) is 6.92 Å². The number of nitrogens with zero attached hydrogens (tertiary/aromatic N) is 1. The van der Waals surface area contributed by atoms with Gasteiger partial charge in [0.15, 0.2) is 0 Å². The van der Waals surface area contributed by atoms with Gasteiger partial charge in [0.1, 0.15) is 0 Å². The van der Waals surface area contributed by atoms with Crippen molar-refractivity contribution in [3.8, 4) is 0 Å². The van der Waals surface area contributed by atoms with Crippen LogP contribution < -0.4 is 4.90 Å². The van der Waals surface area contributed by atoms with Crippen LogP contribution in [-0.2, 0) is 11.2 Å². The summed E-state index contributed by atoms with van der Waals surface area (Å²) in [6, 6.07) is 17.2. The molecule has 0 spiro atoms. The maximum absolute atomic E-state index is 6.26. The van der Waals surface area contributed by atoms with Gasteiger partial charge < -0.3 is 9.64 Å². The SMILES string of the molecule is C=C(c1ccccc1CC)N(/C=C(\C)C1=CC(C)(C)OC(C)(C)C1)c1ccc(C)cc1. The van der Waals surface area contributed by atoms with Crippen LogP contribution in [0.25, 0.3) is 5.70 Å². The van der Waals surface area contributed by atoms with E-state index in [0.717, 1.165) is 24.2 Å². The molecule has 0 fully saturated rings. The molecule has 0 unspecified atom stereocenters. The molecule has 0 aliphatic carbocycles. The first-order valence-corrected chi connectivity index (χ1v) is 11.2. The standard InChI is InChI=1S/C29H37NO/c1-9-24-12-10-11-13-27(24)23(4)30(26-16-14-21(2)15-17-26)20-22(3)25-18-28(5,6)31-29(7,8)19-25/h10-18,20H,4,9,19H2,1-3,5-8H3/b22-20+. The molecule has 0 bridgehead atoms. The molecule has 0 atom stereocenters. The summed E-state index contributed by atoms with van der Waals surface area (Å²) in [5.41, 5.74) is 7.95. The summed E-state index contributed by atoms with van der Waals surface area (Å²) in [6.45, 7) is 19.6. The fraction of sp³-hybridized carbons (Fsp3) is 0.379. The van der Waals surface area contributed by atoms with Gasteiger partial charge in [-0.1, -0.05) is 55.5 Å². The largest absolute Gasteiger partial charge is 0.365 e. The first-order valence-electron chi connectivity index (χ1n) is 11.2. The van der Waals surface area contributed by atoms with Crippen LogP contribution in [0.5, 0.6) is 0 Å². The second kappa shape index (κ2) is 8.88. The molecule has 2 aromatic carbocycles. The van der Waals surface area contributed by atoms with Crippen LogP contribution in [0.15, 0.2) is 78.5 Å². The maximum atomic E-state index is 6.26.